The molecule has 3 nitrogen and oxygen atoms in total. The lowest BCUT2D eigenvalue weighted by molar-refractivity contribution is 0.0943. The molecule has 36 heavy (non-hydrogen) atoms. The third kappa shape index (κ3) is 6.34. The number of nitrogens with zero attached hydrogens (tertiary/aromatic N) is 3. The maximum absolute atomic E-state index is 15.1. The zero-order chi connectivity index (χ0) is 25.9. The quantitative estimate of drug-likeness (QED) is 0.391. The summed E-state index contributed by atoms with van der Waals surface area (Å²) < 4.78 is 29.1. The van der Waals surface area contributed by atoms with Crippen molar-refractivity contribution in [3.8, 4) is 17.2 Å². The maximum Gasteiger partial charge on any atom is 0.133 e. The van der Waals surface area contributed by atoms with Gasteiger partial charge in [-0.2, -0.15) is 5.26 Å². The van der Waals surface area contributed by atoms with Crippen molar-refractivity contribution in [1.29, 1.82) is 5.26 Å². The van der Waals surface area contributed by atoms with E-state index in [4.69, 9.17) is 0 Å². The molecule has 2 aliphatic rings. The van der Waals surface area contributed by atoms with Gasteiger partial charge in [-0.15, -0.1) is 0 Å². The minimum Gasteiger partial charge on any atom is -0.369 e. The fourth-order valence-corrected chi connectivity index (χ4v) is 5.83. The van der Waals surface area contributed by atoms with Gasteiger partial charge in [-0.1, -0.05) is 24.8 Å². The van der Waals surface area contributed by atoms with Crippen LogP contribution < -0.4 is 0 Å². The van der Waals surface area contributed by atoms with Crippen LogP contribution in [0.3, 0.4) is 0 Å². The maximum atomic E-state index is 15.1. The second-order valence-corrected chi connectivity index (χ2v) is 11.3. The zero-order valence-electron chi connectivity index (χ0n) is 22.0. The van der Waals surface area contributed by atoms with E-state index in [0.29, 0.717) is 35.2 Å². The highest BCUT2D eigenvalue weighted by Gasteiger charge is 2.26. The van der Waals surface area contributed by atoms with Crippen LogP contribution in [-0.2, 0) is 6.42 Å². The molecule has 0 spiro atoms. The van der Waals surface area contributed by atoms with Gasteiger partial charge < -0.3 is 9.80 Å². The van der Waals surface area contributed by atoms with E-state index in [1.54, 1.807) is 19.9 Å². The number of nitriles is 1. The monoisotopic (exact) mass is 491 g/mol. The Morgan fingerprint density at radius 3 is 2.47 bits per heavy atom. The summed E-state index contributed by atoms with van der Waals surface area (Å²) >= 11 is 0. The number of rotatable bonds is 8. The fraction of sp³-hybridized carbons (Fsp3) is 0.516. The molecule has 5 heteroatoms. The third-order valence-corrected chi connectivity index (χ3v) is 7.84. The lowest BCUT2D eigenvalue weighted by Gasteiger charge is -2.34. The van der Waals surface area contributed by atoms with Gasteiger partial charge in [0.15, 0.2) is 0 Å². The largest absolute Gasteiger partial charge is 0.369 e. The van der Waals surface area contributed by atoms with Crippen molar-refractivity contribution in [2.75, 3.05) is 26.2 Å². The Balaban J connectivity index is 1.39. The molecule has 2 fully saturated rings. The molecule has 0 aliphatic carbocycles. The van der Waals surface area contributed by atoms with Crippen LogP contribution in [0.5, 0.6) is 0 Å². The van der Waals surface area contributed by atoms with E-state index in [-0.39, 0.29) is 5.82 Å². The van der Waals surface area contributed by atoms with Gasteiger partial charge in [0.25, 0.3) is 0 Å². The van der Waals surface area contributed by atoms with Crippen LogP contribution in [0, 0.1) is 23.1 Å². The first-order valence-corrected chi connectivity index (χ1v) is 13.3. The number of piperidine rings is 1. The third-order valence-electron chi connectivity index (χ3n) is 7.84. The first-order chi connectivity index (χ1) is 17.1. The van der Waals surface area contributed by atoms with Crippen molar-refractivity contribution >= 4 is 5.70 Å². The topological polar surface area (TPSA) is 30.3 Å². The standard InChI is InChI=1S/C31H39F2N3/c1-22-6-5-15-36(22)23(2)28-12-10-26(19-30(28)32)29-11-9-25(18-27(29)20-34)8-7-24-13-16-35(17-14-24)21-31(3,4)33/h9-12,18-19,22,24H,2,5-8,13-17,21H2,1,3-4H3. The highest BCUT2D eigenvalue weighted by Crippen LogP contribution is 2.32. The molecular weight excluding hydrogens is 452 g/mol. The summed E-state index contributed by atoms with van der Waals surface area (Å²) in [4.78, 5) is 4.41. The summed E-state index contributed by atoms with van der Waals surface area (Å²) in [7, 11) is 0. The van der Waals surface area contributed by atoms with Gasteiger partial charge in [-0.05, 0) is 113 Å². The number of hydrogen-bond acceptors (Lipinski definition) is 3. The number of likely N-dealkylation sites (tertiary alicyclic amines) is 2. The average Bonchev–Trinajstić information content (AvgIpc) is 3.27. The molecule has 1 unspecified atom stereocenters. The molecular formula is C31H39F2N3. The number of halogens is 2. The Bertz CT molecular complexity index is 1120. The average molecular weight is 492 g/mol. The van der Waals surface area contributed by atoms with Gasteiger partial charge in [0.2, 0.25) is 0 Å². The first kappa shape index (κ1) is 26.4. The van der Waals surface area contributed by atoms with Gasteiger partial charge in [0, 0.05) is 30.4 Å². The second-order valence-electron chi connectivity index (χ2n) is 11.3. The fourth-order valence-electron chi connectivity index (χ4n) is 5.83. The smallest absolute Gasteiger partial charge is 0.133 e. The molecule has 0 aromatic heterocycles. The van der Waals surface area contributed by atoms with E-state index in [2.05, 4.69) is 35.4 Å². The number of benzene rings is 2. The molecule has 2 heterocycles. The summed E-state index contributed by atoms with van der Waals surface area (Å²) in [5.74, 6) is 0.328. The molecule has 2 aromatic carbocycles. The SMILES string of the molecule is C=C(c1ccc(-c2ccc(CCC3CCN(CC(C)(C)F)CC3)cc2C#N)cc1F)N1CCCC1C. The molecule has 1 atom stereocenters. The molecule has 2 saturated heterocycles. The van der Waals surface area contributed by atoms with E-state index in [1.807, 2.05) is 18.2 Å². The second kappa shape index (κ2) is 11.1. The summed E-state index contributed by atoms with van der Waals surface area (Å²) in [6.07, 6.45) is 6.37. The molecule has 192 valence electrons. The number of hydrogen-bond donors (Lipinski definition) is 0. The summed E-state index contributed by atoms with van der Waals surface area (Å²) in [6.45, 7) is 12.9. The summed E-state index contributed by atoms with van der Waals surface area (Å²) in [5, 5.41) is 9.83. The van der Waals surface area contributed by atoms with Crippen molar-refractivity contribution in [1.82, 2.24) is 9.80 Å². The van der Waals surface area contributed by atoms with E-state index < -0.39 is 5.67 Å². The highest BCUT2D eigenvalue weighted by atomic mass is 19.1. The Labute approximate surface area is 215 Å². The summed E-state index contributed by atoms with van der Waals surface area (Å²) in [5.41, 5.74) is 3.30. The molecule has 2 aromatic rings. The minimum absolute atomic E-state index is 0.299. The van der Waals surface area contributed by atoms with E-state index >= 15 is 4.39 Å². The molecule has 2 aliphatic heterocycles. The molecule has 0 saturated carbocycles. The van der Waals surface area contributed by atoms with Crippen LogP contribution in [0.15, 0.2) is 43.0 Å². The van der Waals surface area contributed by atoms with Crippen LogP contribution in [0.1, 0.15) is 69.6 Å². The molecule has 0 bridgehead atoms. The highest BCUT2D eigenvalue weighted by molar-refractivity contribution is 5.74. The Kier molecular flexibility index (Phi) is 8.15. The van der Waals surface area contributed by atoms with Crippen molar-refractivity contribution in [2.45, 2.75) is 71.0 Å². The predicted octanol–water partition coefficient (Wildman–Crippen LogP) is 7.21. The lowest BCUT2D eigenvalue weighted by atomic mass is 9.89. The van der Waals surface area contributed by atoms with Crippen molar-refractivity contribution in [3.05, 3.63) is 65.5 Å². The van der Waals surface area contributed by atoms with E-state index in [9.17, 15) is 9.65 Å². The summed E-state index contributed by atoms with van der Waals surface area (Å²) in [6, 6.07) is 13.9. The Hall–Kier alpha value is -2.71. The van der Waals surface area contributed by atoms with Gasteiger partial charge >= 0.3 is 0 Å². The van der Waals surface area contributed by atoms with Crippen LogP contribution in [0.2, 0.25) is 0 Å². The Morgan fingerprint density at radius 2 is 1.86 bits per heavy atom. The van der Waals surface area contributed by atoms with Crippen LogP contribution in [-0.4, -0.2) is 47.7 Å². The zero-order valence-corrected chi connectivity index (χ0v) is 22.0. The number of alkyl halides is 1. The predicted molar refractivity (Wildman–Crippen MR) is 144 cm³/mol. The van der Waals surface area contributed by atoms with Gasteiger partial charge in [0.1, 0.15) is 11.5 Å². The first-order valence-electron chi connectivity index (χ1n) is 13.3. The van der Waals surface area contributed by atoms with Gasteiger partial charge in [0.05, 0.1) is 11.6 Å². The van der Waals surface area contributed by atoms with Crippen molar-refractivity contribution < 1.29 is 8.78 Å². The van der Waals surface area contributed by atoms with Gasteiger partial charge in [-0.25, -0.2) is 8.78 Å². The number of aryl methyl sites for hydroxylation is 1. The van der Waals surface area contributed by atoms with Crippen molar-refractivity contribution in [2.24, 2.45) is 5.92 Å². The lowest BCUT2D eigenvalue weighted by Crippen LogP contribution is -2.41. The van der Waals surface area contributed by atoms with E-state index in [1.165, 1.54) is 6.07 Å². The minimum atomic E-state index is -1.15. The molecule has 0 N–H and O–H groups in total. The Morgan fingerprint density at radius 1 is 1.11 bits per heavy atom. The van der Waals surface area contributed by atoms with Crippen molar-refractivity contribution in [3.63, 3.8) is 0 Å². The molecule has 4 rings (SSSR count). The van der Waals surface area contributed by atoms with Crippen LogP contribution >= 0.6 is 0 Å². The van der Waals surface area contributed by atoms with Crippen LogP contribution in [0.25, 0.3) is 16.8 Å². The van der Waals surface area contributed by atoms with Gasteiger partial charge in [-0.3, -0.25) is 0 Å². The molecule has 0 radical (unpaired) electrons. The van der Waals surface area contributed by atoms with Crippen LogP contribution in [0.4, 0.5) is 8.78 Å². The molecule has 0 amide bonds. The normalized spacial score (nSPS) is 19.4. The van der Waals surface area contributed by atoms with E-state index in [0.717, 1.165) is 75.0 Å².